The van der Waals surface area contributed by atoms with Gasteiger partial charge in [-0.2, -0.15) is 0 Å². The van der Waals surface area contributed by atoms with Crippen molar-refractivity contribution in [2.45, 2.75) is 6.61 Å². The number of benzene rings is 2. The van der Waals surface area contributed by atoms with Crippen LogP contribution >= 0.6 is 11.3 Å². The van der Waals surface area contributed by atoms with Crippen molar-refractivity contribution in [2.75, 3.05) is 14.2 Å². The van der Waals surface area contributed by atoms with Gasteiger partial charge in [-0.1, -0.05) is 17.4 Å². The molecule has 5 nitrogen and oxygen atoms in total. The van der Waals surface area contributed by atoms with Crippen LogP contribution in [-0.2, 0) is 6.61 Å². The molecule has 114 valence electrons. The lowest BCUT2D eigenvalue weighted by atomic mass is 10.2. The Morgan fingerprint density at radius 3 is 2.64 bits per heavy atom. The van der Waals surface area contributed by atoms with Crippen LogP contribution in [0.15, 0.2) is 45.6 Å². The van der Waals surface area contributed by atoms with Crippen molar-refractivity contribution < 1.29 is 18.6 Å². The second-order valence-corrected chi connectivity index (χ2v) is 5.52. The molecule has 22 heavy (non-hydrogen) atoms. The Morgan fingerprint density at radius 2 is 1.86 bits per heavy atom. The summed E-state index contributed by atoms with van der Waals surface area (Å²) in [5, 5.41) is 0. The molecule has 0 aliphatic rings. The van der Waals surface area contributed by atoms with Crippen LogP contribution in [0.1, 0.15) is 5.56 Å². The summed E-state index contributed by atoms with van der Waals surface area (Å²) in [6, 6.07) is 10.9. The third kappa shape index (κ3) is 2.92. The summed E-state index contributed by atoms with van der Waals surface area (Å²) < 4.78 is 22.0. The molecule has 0 N–H and O–H groups in total. The zero-order chi connectivity index (χ0) is 15.5. The maximum Gasteiger partial charge on any atom is 0.396 e. The highest BCUT2D eigenvalue weighted by atomic mass is 32.1. The summed E-state index contributed by atoms with van der Waals surface area (Å²) in [4.78, 5) is 10.9. The fraction of sp³-hybridized carbons (Fsp3) is 0.188. The smallest absolute Gasteiger partial charge is 0.396 e. The van der Waals surface area contributed by atoms with E-state index in [1.165, 1.54) is 0 Å². The molecular formula is C16H14O5S. The lowest BCUT2D eigenvalue weighted by Gasteiger charge is -2.10. The van der Waals surface area contributed by atoms with Gasteiger partial charge in [-0.15, -0.1) is 0 Å². The van der Waals surface area contributed by atoms with Crippen LogP contribution in [0.4, 0.5) is 0 Å². The SMILES string of the molecule is COc1ccc(COc2ccc3oc(=O)sc3c2)cc1OC. The van der Waals surface area contributed by atoms with Crippen molar-refractivity contribution in [3.05, 3.63) is 51.7 Å². The van der Waals surface area contributed by atoms with Gasteiger partial charge in [0.25, 0.3) is 0 Å². The third-order valence-electron chi connectivity index (χ3n) is 3.16. The Morgan fingerprint density at radius 1 is 1.05 bits per heavy atom. The predicted octanol–water partition coefficient (Wildman–Crippen LogP) is 3.45. The maximum absolute atomic E-state index is 11.2. The van der Waals surface area contributed by atoms with Crippen molar-refractivity contribution >= 4 is 21.6 Å². The quantitative estimate of drug-likeness (QED) is 0.721. The molecule has 2 aromatic carbocycles. The molecule has 0 atom stereocenters. The van der Waals surface area contributed by atoms with Gasteiger partial charge in [-0.3, -0.25) is 0 Å². The maximum atomic E-state index is 11.2. The number of ether oxygens (including phenoxy) is 3. The molecule has 0 amide bonds. The number of methoxy groups -OCH3 is 2. The summed E-state index contributed by atoms with van der Waals surface area (Å²) in [6.45, 7) is 0.388. The molecule has 0 aliphatic carbocycles. The fourth-order valence-electron chi connectivity index (χ4n) is 2.08. The Kier molecular flexibility index (Phi) is 4.02. The van der Waals surface area contributed by atoms with E-state index in [0.29, 0.717) is 29.4 Å². The van der Waals surface area contributed by atoms with Crippen LogP contribution in [0, 0.1) is 0 Å². The van der Waals surface area contributed by atoms with Gasteiger partial charge in [0, 0.05) is 6.07 Å². The largest absolute Gasteiger partial charge is 0.493 e. The van der Waals surface area contributed by atoms with Crippen molar-refractivity contribution in [2.24, 2.45) is 0 Å². The first-order valence-corrected chi connectivity index (χ1v) is 7.38. The van der Waals surface area contributed by atoms with Crippen LogP contribution in [0.2, 0.25) is 0 Å². The van der Waals surface area contributed by atoms with Crippen LogP contribution in [0.25, 0.3) is 10.3 Å². The molecular weight excluding hydrogens is 304 g/mol. The zero-order valence-electron chi connectivity index (χ0n) is 12.1. The standard InChI is InChI=1S/C16H14O5S/c1-18-12-5-3-10(7-14(12)19-2)9-20-11-4-6-13-15(8-11)22-16(17)21-13/h3-8H,9H2,1-2H3. The topological polar surface area (TPSA) is 57.9 Å². The third-order valence-corrected chi connectivity index (χ3v) is 3.94. The number of hydrogen-bond donors (Lipinski definition) is 0. The van der Waals surface area contributed by atoms with Gasteiger partial charge in [-0.25, -0.2) is 4.79 Å². The Labute approximate surface area is 130 Å². The average Bonchev–Trinajstić information content (AvgIpc) is 2.91. The minimum Gasteiger partial charge on any atom is -0.493 e. The van der Waals surface area contributed by atoms with E-state index in [2.05, 4.69) is 0 Å². The van der Waals surface area contributed by atoms with Crippen molar-refractivity contribution in [1.29, 1.82) is 0 Å². The number of rotatable bonds is 5. The van der Waals surface area contributed by atoms with E-state index < -0.39 is 0 Å². The van der Waals surface area contributed by atoms with Crippen LogP contribution in [0.5, 0.6) is 17.2 Å². The highest BCUT2D eigenvalue weighted by Crippen LogP contribution is 2.28. The second-order valence-electron chi connectivity index (χ2n) is 4.54. The van der Waals surface area contributed by atoms with Gasteiger partial charge in [0.2, 0.25) is 0 Å². The number of fused-ring (bicyclic) bond motifs is 1. The van der Waals surface area contributed by atoms with Crippen LogP contribution in [-0.4, -0.2) is 14.2 Å². The normalized spacial score (nSPS) is 10.6. The summed E-state index contributed by atoms with van der Waals surface area (Å²) in [6.07, 6.45) is 0. The van der Waals surface area contributed by atoms with E-state index in [0.717, 1.165) is 21.6 Å². The molecule has 3 aromatic rings. The molecule has 1 aromatic heterocycles. The zero-order valence-corrected chi connectivity index (χ0v) is 12.9. The summed E-state index contributed by atoms with van der Waals surface area (Å²) in [5.74, 6) is 2.02. The lowest BCUT2D eigenvalue weighted by Crippen LogP contribution is -1.97. The van der Waals surface area contributed by atoms with Gasteiger partial charge in [-0.05, 0) is 29.8 Å². The highest BCUT2D eigenvalue weighted by Gasteiger charge is 2.07. The van der Waals surface area contributed by atoms with Crippen molar-refractivity contribution in [3.63, 3.8) is 0 Å². The first-order valence-electron chi connectivity index (χ1n) is 6.57. The number of hydrogen-bond acceptors (Lipinski definition) is 6. The Balaban J connectivity index is 1.77. The summed E-state index contributed by atoms with van der Waals surface area (Å²) in [5.41, 5.74) is 1.53. The average molecular weight is 318 g/mol. The fourth-order valence-corrected chi connectivity index (χ4v) is 2.78. The van der Waals surface area contributed by atoms with Crippen molar-refractivity contribution in [3.8, 4) is 17.2 Å². The van der Waals surface area contributed by atoms with E-state index in [4.69, 9.17) is 18.6 Å². The van der Waals surface area contributed by atoms with Crippen LogP contribution < -0.4 is 19.1 Å². The second kappa shape index (κ2) is 6.11. The van der Waals surface area contributed by atoms with Gasteiger partial charge in [0.15, 0.2) is 11.5 Å². The minimum absolute atomic E-state index is 0.313. The molecule has 0 radical (unpaired) electrons. The lowest BCUT2D eigenvalue weighted by molar-refractivity contribution is 0.304. The van der Waals surface area contributed by atoms with Gasteiger partial charge in [0.05, 0.1) is 18.9 Å². The molecule has 0 saturated carbocycles. The molecule has 0 fully saturated rings. The molecule has 0 saturated heterocycles. The first kappa shape index (κ1) is 14.5. The monoisotopic (exact) mass is 318 g/mol. The van der Waals surface area contributed by atoms with Gasteiger partial charge >= 0.3 is 4.94 Å². The minimum atomic E-state index is -0.313. The highest BCUT2D eigenvalue weighted by molar-refractivity contribution is 7.16. The van der Waals surface area contributed by atoms with Gasteiger partial charge in [0.1, 0.15) is 17.9 Å². The molecule has 0 unspecified atom stereocenters. The molecule has 6 heteroatoms. The first-order chi connectivity index (χ1) is 10.7. The molecule has 3 rings (SSSR count). The van der Waals surface area contributed by atoms with Crippen LogP contribution in [0.3, 0.4) is 0 Å². The van der Waals surface area contributed by atoms with E-state index in [-0.39, 0.29) is 4.94 Å². The summed E-state index contributed by atoms with van der Waals surface area (Å²) in [7, 11) is 3.19. The Bertz CT molecular complexity index is 849. The van der Waals surface area contributed by atoms with Gasteiger partial charge < -0.3 is 18.6 Å². The van der Waals surface area contributed by atoms with E-state index in [1.54, 1.807) is 32.4 Å². The van der Waals surface area contributed by atoms with E-state index in [1.807, 2.05) is 18.2 Å². The molecule has 0 spiro atoms. The predicted molar refractivity (Wildman–Crippen MR) is 84.2 cm³/mol. The van der Waals surface area contributed by atoms with E-state index >= 15 is 0 Å². The van der Waals surface area contributed by atoms with Crippen molar-refractivity contribution in [1.82, 2.24) is 0 Å². The summed E-state index contributed by atoms with van der Waals surface area (Å²) >= 11 is 1.06. The molecule has 0 bridgehead atoms. The Hall–Kier alpha value is -2.47. The molecule has 0 aliphatic heterocycles. The van der Waals surface area contributed by atoms with E-state index in [9.17, 15) is 4.79 Å². The molecule has 1 heterocycles.